The summed E-state index contributed by atoms with van der Waals surface area (Å²) in [5, 5.41) is 11.8. The van der Waals surface area contributed by atoms with Gasteiger partial charge in [-0.05, 0) is 43.8 Å². The minimum atomic E-state index is -0.490. The fourth-order valence-electron chi connectivity index (χ4n) is 2.56. The number of H-pyrrole nitrogens is 1. The molecule has 0 spiro atoms. The molecule has 0 aliphatic rings. The van der Waals surface area contributed by atoms with E-state index in [9.17, 15) is 14.0 Å². The lowest BCUT2D eigenvalue weighted by molar-refractivity contribution is -0.116. The second-order valence-electron chi connectivity index (χ2n) is 6.19. The zero-order valence-corrected chi connectivity index (χ0v) is 15.7. The molecule has 0 radical (unpaired) electrons. The Morgan fingerprint density at radius 1 is 1.15 bits per heavy atom. The number of nitrogens with zero attached hydrogens (tertiary/aromatic N) is 2. The van der Waals surface area contributed by atoms with E-state index in [2.05, 4.69) is 39.6 Å². The molecule has 1 heterocycles. The molecule has 0 saturated carbocycles. The topological polar surface area (TPSA) is 90.1 Å². The normalized spacial score (nSPS) is 10.8. The van der Waals surface area contributed by atoms with E-state index >= 15 is 0 Å². The predicted octanol–water partition coefficient (Wildman–Crippen LogP) is 3.25. The fourth-order valence-corrected chi connectivity index (χ4v) is 2.56. The SMILES string of the molecule is CCCCN(CC)CCC(=O)Nc1c[nH]nc1C(=O)Nc1ccc(F)cc1. The van der Waals surface area contributed by atoms with Crippen molar-refractivity contribution in [2.75, 3.05) is 30.3 Å². The highest BCUT2D eigenvalue weighted by Crippen LogP contribution is 2.15. The van der Waals surface area contributed by atoms with Gasteiger partial charge in [-0.15, -0.1) is 0 Å². The number of aromatic amines is 1. The van der Waals surface area contributed by atoms with Gasteiger partial charge in [0.05, 0.1) is 5.69 Å². The number of hydrogen-bond acceptors (Lipinski definition) is 4. The molecule has 1 aromatic carbocycles. The molecule has 2 rings (SSSR count). The lowest BCUT2D eigenvalue weighted by Gasteiger charge is -2.19. The lowest BCUT2D eigenvalue weighted by Crippen LogP contribution is -2.29. The van der Waals surface area contributed by atoms with Gasteiger partial charge in [0.25, 0.3) is 5.91 Å². The van der Waals surface area contributed by atoms with Gasteiger partial charge in [0.1, 0.15) is 5.82 Å². The van der Waals surface area contributed by atoms with E-state index in [1.54, 1.807) is 0 Å². The number of rotatable bonds is 10. The van der Waals surface area contributed by atoms with Crippen LogP contribution in [0.1, 0.15) is 43.6 Å². The Morgan fingerprint density at radius 2 is 1.89 bits per heavy atom. The Hall–Kier alpha value is -2.74. The minimum Gasteiger partial charge on any atom is -0.323 e. The van der Waals surface area contributed by atoms with Crippen LogP contribution in [0.15, 0.2) is 30.5 Å². The highest BCUT2D eigenvalue weighted by atomic mass is 19.1. The number of carbonyl (C=O) groups is 2. The number of anilines is 2. The van der Waals surface area contributed by atoms with Gasteiger partial charge in [-0.2, -0.15) is 5.10 Å². The Morgan fingerprint density at radius 3 is 2.56 bits per heavy atom. The Bertz CT molecular complexity index is 745. The summed E-state index contributed by atoms with van der Waals surface area (Å²) >= 11 is 0. The maximum absolute atomic E-state index is 12.9. The molecule has 0 bridgehead atoms. The third kappa shape index (κ3) is 6.49. The molecular formula is C19H26FN5O2. The van der Waals surface area contributed by atoms with Crippen molar-refractivity contribution in [1.29, 1.82) is 0 Å². The molecular weight excluding hydrogens is 349 g/mol. The van der Waals surface area contributed by atoms with Crippen molar-refractivity contribution >= 4 is 23.2 Å². The monoisotopic (exact) mass is 375 g/mol. The number of carbonyl (C=O) groups excluding carboxylic acids is 2. The van der Waals surface area contributed by atoms with Crippen LogP contribution in [0.5, 0.6) is 0 Å². The number of nitrogens with one attached hydrogen (secondary N) is 3. The third-order valence-electron chi connectivity index (χ3n) is 4.16. The molecule has 27 heavy (non-hydrogen) atoms. The Labute approximate surface area is 158 Å². The second-order valence-corrected chi connectivity index (χ2v) is 6.19. The Kier molecular flexibility index (Phi) is 7.94. The highest BCUT2D eigenvalue weighted by Gasteiger charge is 2.17. The maximum atomic E-state index is 12.9. The van der Waals surface area contributed by atoms with E-state index in [1.165, 1.54) is 30.5 Å². The maximum Gasteiger partial charge on any atom is 0.278 e. The number of aromatic nitrogens is 2. The Balaban J connectivity index is 1.90. The van der Waals surface area contributed by atoms with Gasteiger partial charge in [0, 0.05) is 24.8 Å². The zero-order valence-electron chi connectivity index (χ0n) is 15.7. The first-order valence-corrected chi connectivity index (χ1v) is 9.16. The smallest absolute Gasteiger partial charge is 0.278 e. The first kappa shape index (κ1) is 20.6. The predicted molar refractivity (Wildman–Crippen MR) is 103 cm³/mol. The summed E-state index contributed by atoms with van der Waals surface area (Å²) in [6.07, 6.45) is 4.02. The van der Waals surface area contributed by atoms with Crippen LogP contribution in [0.3, 0.4) is 0 Å². The first-order chi connectivity index (χ1) is 13.0. The molecule has 0 aliphatic heterocycles. The summed E-state index contributed by atoms with van der Waals surface area (Å²) in [7, 11) is 0. The molecule has 0 unspecified atom stereocenters. The van der Waals surface area contributed by atoms with E-state index in [4.69, 9.17) is 0 Å². The van der Waals surface area contributed by atoms with Gasteiger partial charge in [-0.3, -0.25) is 14.7 Å². The van der Waals surface area contributed by atoms with Gasteiger partial charge < -0.3 is 15.5 Å². The molecule has 7 nitrogen and oxygen atoms in total. The highest BCUT2D eigenvalue weighted by molar-refractivity contribution is 6.08. The number of halogens is 1. The van der Waals surface area contributed by atoms with E-state index in [1.807, 2.05) is 0 Å². The van der Waals surface area contributed by atoms with Crippen LogP contribution in [-0.2, 0) is 4.79 Å². The number of unbranched alkanes of at least 4 members (excludes halogenated alkanes) is 1. The summed E-state index contributed by atoms with van der Waals surface area (Å²) < 4.78 is 12.9. The third-order valence-corrected chi connectivity index (χ3v) is 4.16. The van der Waals surface area contributed by atoms with Crippen LogP contribution in [0.4, 0.5) is 15.8 Å². The molecule has 2 amide bonds. The van der Waals surface area contributed by atoms with Crippen molar-refractivity contribution in [3.05, 3.63) is 42.0 Å². The molecule has 2 aromatic rings. The van der Waals surface area contributed by atoms with Crippen molar-refractivity contribution < 1.29 is 14.0 Å². The molecule has 0 fully saturated rings. The van der Waals surface area contributed by atoms with Crippen LogP contribution in [0.25, 0.3) is 0 Å². The fraction of sp³-hybridized carbons (Fsp3) is 0.421. The summed E-state index contributed by atoms with van der Waals surface area (Å²) in [6.45, 7) is 6.73. The molecule has 0 aliphatic carbocycles. The standard InChI is InChI=1S/C19H26FN5O2/c1-3-5-11-25(4-2)12-10-17(26)23-16-13-21-24-18(16)19(27)22-15-8-6-14(20)7-9-15/h6-9,13H,3-5,10-12H2,1-2H3,(H,21,24)(H,22,27)(H,23,26). The first-order valence-electron chi connectivity index (χ1n) is 9.16. The van der Waals surface area contributed by atoms with Crippen LogP contribution >= 0.6 is 0 Å². The molecule has 8 heteroatoms. The van der Waals surface area contributed by atoms with Crippen LogP contribution in [-0.4, -0.2) is 46.5 Å². The molecule has 0 saturated heterocycles. The minimum absolute atomic E-state index is 0.0750. The van der Waals surface area contributed by atoms with E-state index in [0.29, 0.717) is 24.3 Å². The van der Waals surface area contributed by atoms with Crippen molar-refractivity contribution in [1.82, 2.24) is 15.1 Å². The molecule has 146 valence electrons. The average molecular weight is 375 g/mol. The summed E-state index contributed by atoms with van der Waals surface area (Å²) in [5.74, 6) is -1.06. The largest absolute Gasteiger partial charge is 0.323 e. The molecule has 1 aromatic heterocycles. The summed E-state index contributed by atoms with van der Waals surface area (Å²) in [5.41, 5.74) is 0.832. The van der Waals surface area contributed by atoms with Gasteiger partial charge >= 0.3 is 0 Å². The lowest BCUT2D eigenvalue weighted by atomic mass is 10.2. The average Bonchev–Trinajstić information content (AvgIpc) is 3.12. The van der Waals surface area contributed by atoms with E-state index in [0.717, 1.165) is 25.9 Å². The summed E-state index contributed by atoms with van der Waals surface area (Å²) in [6, 6.07) is 5.41. The molecule has 3 N–H and O–H groups in total. The van der Waals surface area contributed by atoms with Crippen molar-refractivity contribution in [2.45, 2.75) is 33.1 Å². The van der Waals surface area contributed by atoms with Crippen molar-refractivity contribution in [2.24, 2.45) is 0 Å². The van der Waals surface area contributed by atoms with Gasteiger partial charge in [-0.25, -0.2) is 4.39 Å². The van der Waals surface area contributed by atoms with Crippen LogP contribution in [0, 0.1) is 5.82 Å². The van der Waals surface area contributed by atoms with Gasteiger partial charge in [0.15, 0.2) is 5.69 Å². The van der Waals surface area contributed by atoms with E-state index in [-0.39, 0.29) is 17.4 Å². The van der Waals surface area contributed by atoms with Gasteiger partial charge in [-0.1, -0.05) is 20.3 Å². The quantitative estimate of drug-likeness (QED) is 0.595. The zero-order chi connectivity index (χ0) is 19.6. The van der Waals surface area contributed by atoms with Gasteiger partial charge in [0.2, 0.25) is 5.91 Å². The molecule has 0 atom stereocenters. The summed E-state index contributed by atoms with van der Waals surface area (Å²) in [4.78, 5) is 26.8. The van der Waals surface area contributed by atoms with Crippen molar-refractivity contribution in [3.63, 3.8) is 0 Å². The van der Waals surface area contributed by atoms with Crippen molar-refractivity contribution in [3.8, 4) is 0 Å². The second kappa shape index (κ2) is 10.4. The number of hydrogen-bond donors (Lipinski definition) is 3. The number of benzene rings is 1. The van der Waals surface area contributed by atoms with Crippen LogP contribution in [0.2, 0.25) is 0 Å². The van der Waals surface area contributed by atoms with Crippen LogP contribution < -0.4 is 10.6 Å². The number of amides is 2. The van der Waals surface area contributed by atoms with E-state index < -0.39 is 5.91 Å².